The Balaban J connectivity index is 1.68. The molecule has 0 aliphatic carbocycles. The molecular weight excluding hydrogens is 343 g/mol. The average molecular weight is 361 g/mol. The molecule has 1 aliphatic heterocycles. The van der Waals surface area contributed by atoms with Crippen molar-refractivity contribution in [3.05, 3.63) is 70.5 Å². The SMILES string of the molecule is O=C(c1ccc(Cl)cc1)N1CCCN(C(=O)c2ccccc2F)CC1. The van der Waals surface area contributed by atoms with Crippen LogP contribution in [0.2, 0.25) is 5.02 Å². The van der Waals surface area contributed by atoms with Gasteiger partial charge in [0.05, 0.1) is 5.56 Å². The first kappa shape index (κ1) is 17.4. The molecule has 4 nitrogen and oxygen atoms in total. The first-order valence-corrected chi connectivity index (χ1v) is 8.53. The Morgan fingerprint density at radius 2 is 1.44 bits per heavy atom. The van der Waals surface area contributed by atoms with Crippen LogP contribution in [0.15, 0.2) is 48.5 Å². The molecule has 1 heterocycles. The summed E-state index contributed by atoms with van der Waals surface area (Å²) in [6.45, 7) is 1.86. The summed E-state index contributed by atoms with van der Waals surface area (Å²) < 4.78 is 13.8. The summed E-state index contributed by atoms with van der Waals surface area (Å²) in [5.74, 6) is -0.943. The number of amides is 2. The fourth-order valence-corrected chi connectivity index (χ4v) is 3.03. The molecule has 130 valence electrons. The third-order valence-electron chi connectivity index (χ3n) is 4.27. The predicted molar refractivity (Wildman–Crippen MR) is 94.3 cm³/mol. The van der Waals surface area contributed by atoms with Gasteiger partial charge in [-0.1, -0.05) is 23.7 Å². The van der Waals surface area contributed by atoms with Crippen LogP contribution in [-0.2, 0) is 0 Å². The van der Waals surface area contributed by atoms with Gasteiger partial charge in [0.25, 0.3) is 11.8 Å². The maximum Gasteiger partial charge on any atom is 0.256 e. The molecule has 25 heavy (non-hydrogen) atoms. The third kappa shape index (κ3) is 3.99. The minimum Gasteiger partial charge on any atom is -0.337 e. The molecule has 0 bridgehead atoms. The number of hydrogen-bond donors (Lipinski definition) is 0. The largest absolute Gasteiger partial charge is 0.337 e. The molecule has 0 unspecified atom stereocenters. The minimum atomic E-state index is -0.522. The Bertz CT molecular complexity index is 779. The summed E-state index contributed by atoms with van der Waals surface area (Å²) >= 11 is 5.85. The fraction of sp³-hybridized carbons (Fsp3) is 0.263. The van der Waals surface area contributed by atoms with Gasteiger partial charge >= 0.3 is 0 Å². The number of carbonyl (C=O) groups excluding carboxylic acids is 2. The zero-order valence-electron chi connectivity index (χ0n) is 13.6. The molecule has 0 radical (unpaired) electrons. The van der Waals surface area contributed by atoms with Crippen molar-refractivity contribution in [3.8, 4) is 0 Å². The van der Waals surface area contributed by atoms with Gasteiger partial charge < -0.3 is 9.80 Å². The summed E-state index contributed by atoms with van der Waals surface area (Å²) in [6, 6.07) is 12.7. The number of benzene rings is 2. The normalized spacial score (nSPS) is 15.0. The summed E-state index contributed by atoms with van der Waals surface area (Å²) in [7, 11) is 0. The topological polar surface area (TPSA) is 40.6 Å². The van der Waals surface area contributed by atoms with E-state index in [0.717, 1.165) is 0 Å². The Labute approximate surface area is 150 Å². The van der Waals surface area contributed by atoms with E-state index in [-0.39, 0.29) is 17.4 Å². The molecule has 0 spiro atoms. The molecule has 2 aromatic rings. The highest BCUT2D eigenvalue weighted by Gasteiger charge is 2.24. The van der Waals surface area contributed by atoms with E-state index in [1.165, 1.54) is 12.1 Å². The van der Waals surface area contributed by atoms with Crippen LogP contribution in [0, 0.1) is 5.82 Å². The highest BCUT2D eigenvalue weighted by atomic mass is 35.5. The Hall–Kier alpha value is -2.40. The predicted octanol–water partition coefficient (Wildman–Crippen LogP) is 3.47. The van der Waals surface area contributed by atoms with E-state index in [1.54, 1.807) is 46.2 Å². The van der Waals surface area contributed by atoms with Crippen LogP contribution in [0.5, 0.6) is 0 Å². The number of halogens is 2. The molecule has 1 aliphatic rings. The van der Waals surface area contributed by atoms with Gasteiger partial charge in [-0.25, -0.2) is 4.39 Å². The molecule has 0 aromatic heterocycles. The van der Waals surface area contributed by atoms with Crippen molar-refractivity contribution in [2.75, 3.05) is 26.2 Å². The van der Waals surface area contributed by atoms with E-state index in [9.17, 15) is 14.0 Å². The van der Waals surface area contributed by atoms with Crippen LogP contribution in [0.4, 0.5) is 4.39 Å². The van der Waals surface area contributed by atoms with Gasteiger partial charge in [0.1, 0.15) is 5.82 Å². The summed E-state index contributed by atoms with van der Waals surface area (Å²) in [4.78, 5) is 28.4. The van der Waals surface area contributed by atoms with Crippen LogP contribution in [0.3, 0.4) is 0 Å². The van der Waals surface area contributed by atoms with Gasteiger partial charge in [-0.05, 0) is 42.8 Å². The lowest BCUT2D eigenvalue weighted by atomic mass is 10.2. The second kappa shape index (κ2) is 7.66. The molecule has 2 amide bonds. The van der Waals surface area contributed by atoms with Crippen molar-refractivity contribution in [1.82, 2.24) is 9.80 Å². The molecule has 0 saturated carbocycles. The van der Waals surface area contributed by atoms with E-state index < -0.39 is 5.82 Å². The van der Waals surface area contributed by atoms with E-state index in [4.69, 9.17) is 11.6 Å². The van der Waals surface area contributed by atoms with Gasteiger partial charge in [-0.3, -0.25) is 9.59 Å². The Morgan fingerprint density at radius 1 is 0.840 bits per heavy atom. The van der Waals surface area contributed by atoms with Crippen LogP contribution >= 0.6 is 11.6 Å². The molecule has 1 saturated heterocycles. The molecule has 6 heteroatoms. The first-order valence-electron chi connectivity index (χ1n) is 8.15. The van der Waals surface area contributed by atoms with Gasteiger partial charge in [0.2, 0.25) is 0 Å². The van der Waals surface area contributed by atoms with Gasteiger partial charge in [-0.15, -0.1) is 0 Å². The average Bonchev–Trinajstić information content (AvgIpc) is 2.88. The maximum absolute atomic E-state index is 13.8. The van der Waals surface area contributed by atoms with Gasteiger partial charge in [0, 0.05) is 36.8 Å². The summed E-state index contributed by atoms with van der Waals surface area (Å²) in [6.07, 6.45) is 0.652. The first-order chi connectivity index (χ1) is 12.1. The summed E-state index contributed by atoms with van der Waals surface area (Å²) in [5, 5.41) is 0.578. The Kier molecular flexibility index (Phi) is 5.34. The molecule has 3 rings (SSSR count). The molecule has 2 aromatic carbocycles. The highest BCUT2D eigenvalue weighted by molar-refractivity contribution is 6.30. The zero-order chi connectivity index (χ0) is 17.8. The number of rotatable bonds is 2. The van der Waals surface area contributed by atoms with E-state index in [2.05, 4.69) is 0 Å². The maximum atomic E-state index is 13.8. The van der Waals surface area contributed by atoms with Crippen LogP contribution in [0.1, 0.15) is 27.1 Å². The quantitative estimate of drug-likeness (QED) is 0.822. The van der Waals surface area contributed by atoms with Crippen molar-refractivity contribution in [1.29, 1.82) is 0 Å². The lowest BCUT2D eigenvalue weighted by Gasteiger charge is -2.22. The monoisotopic (exact) mass is 360 g/mol. The van der Waals surface area contributed by atoms with Crippen LogP contribution < -0.4 is 0 Å². The van der Waals surface area contributed by atoms with Crippen molar-refractivity contribution in [2.45, 2.75) is 6.42 Å². The molecule has 0 atom stereocenters. The second-order valence-electron chi connectivity index (χ2n) is 5.92. The standard InChI is InChI=1S/C19H18ClFN2O2/c20-15-8-6-14(7-9-15)18(24)22-10-3-11-23(13-12-22)19(25)16-4-1-2-5-17(16)21/h1-2,4-9H,3,10-13H2. The number of nitrogens with zero attached hydrogens (tertiary/aromatic N) is 2. The van der Waals surface area contributed by atoms with E-state index in [0.29, 0.717) is 43.2 Å². The number of carbonyl (C=O) groups is 2. The van der Waals surface area contributed by atoms with Crippen LogP contribution in [-0.4, -0.2) is 47.8 Å². The minimum absolute atomic E-state index is 0.0694. The van der Waals surface area contributed by atoms with Crippen molar-refractivity contribution < 1.29 is 14.0 Å². The Morgan fingerprint density at radius 3 is 2.08 bits per heavy atom. The van der Waals surface area contributed by atoms with Gasteiger partial charge in [-0.2, -0.15) is 0 Å². The molecule has 1 fully saturated rings. The lowest BCUT2D eigenvalue weighted by molar-refractivity contribution is 0.0716. The highest BCUT2D eigenvalue weighted by Crippen LogP contribution is 2.15. The zero-order valence-corrected chi connectivity index (χ0v) is 14.4. The van der Waals surface area contributed by atoms with Crippen LogP contribution in [0.25, 0.3) is 0 Å². The third-order valence-corrected chi connectivity index (χ3v) is 4.52. The second-order valence-corrected chi connectivity index (χ2v) is 6.36. The van der Waals surface area contributed by atoms with E-state index in [1.807, 2.05) is 0 Å². The lowest BCUT2D eigenvalue weighted by Crippen LogP contribution is -2.37. The van der Waals surface area contributed by atoms with Crippen molar-refractivity contribution >= 4 is 23.4 Å². The van der Waals surface area contributed by atoms with E-state index >= 15 is 0 Å². The smallest absolute Gasteiger partial charge is 0.256 e. The molecule has 0 N–H and O–H groups in total. The number of hydrogen-bond acceptors (Lipinski definition) is 2. The van der Waals surface area contributed by atoms with Crippen molar-refractivity contribution in [2.24, 2.45) is 0 Å². The fourth-order valence-electron chi connectivity index (χ4n) is 2.90. The van der Waals surface area contributed by atoms with Crippen molar-refractivity contribution in [3.63, 3.8) is 0 Å². The molecular formula is C19H18ClFN2O2. The van der Waals surface area contributed by atoms with Gasteiger partial charge in [0.15, 0.2) is 0 Å². The summed E-state index contributed by atoms with van der Waals surface area (Å²) in [5.41, 5.74) is 0.637.